The number of hydrogen-bond acceptors (Lipinski definition) is 4. The minimum Gasteiger partial charge on any atom is -0.492 e. The van der Waals surface area contributed by atoms with Crippen molar-refractivity contribution in [1.29, 1.82) is 0 Å². The van der Waals surface area contributed by atoms with E-state index in [4.69, 9.17) is 4.74 Å². The Morgan fingerprint density at radius 2 is 2.18 bits per heavy atom. The lowest BCUT2D eigenvalue weighted by Crippen LogP contribution is -2.37. The van der Waals surface area contributed by atoms with Crippen molar-refractivity contribution in [3.63, 3.8) is 0 Å². The first kappa shape index (κ1) is 11.7. The van der Waals surface area contributed by atoms with Crippen LogP contribution in [0.1, 0.15) is 0 Å². The van der Waals surface area contributed by atoms with Crippen molar-refractivity contribution in [1.82, 2.24) is 10.2 Å². The van der Waals surface area contributed by atoms with Gasteiger partial charge in [0.15, 0.2) is 5.96 Å². The average Bonchev–Trinajstić information content (AvgIpc) is 2.73. The summed E-state index contributed by atoms with van der Waals surface area (Å²) in [7, 11) is 2.00. The van der Waals surface area contributed by atoms with Crippen molar-refractivity contribution >= 4 is 5.96 Å². The summed E-state index contributed by atoms with van der Waals surface area (Å²) < 4.78 is 18.1. The molecule has 1 N–H and O–H groups in total. The topological polar surface area (TPSA) is 36.9 Å². The molecule has 0 unspecified atom stereocenters. The second-order valence-electron chi connectivity index (χ2n) is 3.86. The molecule has 0 aromatic heterocycles. The minimum atomic E-state index is -0.252. The van der Waals surface area contributed by atoms with Gasteiger partial charge in [-0.25, -0.2) is 4.39 Å². The van der Waals surface area contributed by atoms with E-state index in [1.807, 2.05) is 7.05 Å². The third kappa shape index (κ3) is 3.34. The highest BCUT2D eigenvalue weighted by molar-refractivity contribution is 5.81. The van der Waals surface area contributed by atoms with Gasteiger partial charge < -0.3 is 15.0 Å². The molecule has 0 saturated heterocycles. The summed E-state index contributed by atoms with van der Waals surface area (Å²) in [5.74, 6) is 1.33. The van der Waals surface area contributed by atoms with E-state index in [-0.39, 0.29) is 5.82 Å². The molecule has 1 aromatic rings. The zero-order chi connectivity index (χ0) is 12.1. The molecule has 1 aliphatic rings. The Balaban J connectivity index is 1.68. The molecule has 0 aliphatic carbocycles. The smallest absolute Gasteiger partial charge is 0.193 e. The number of rotatable bonds is 4. The maximum absolute atomic E-state index is 12.6. The predicted molar refractivity (Wildman–Crippen MR) is 64.8 cm³/mol. The van der Waals surface area contributed by atoms with Crippen molar-refractivity contribution < 1.29 is 9.13 Å². The van der Waals surface area contributed by atoms with Crippen LogP contribution in [-0.4, -0.2) is 44.1 Å². The molecular formula is C12H16FN3O. The molecule has 1 heterocycles. The molecule has 0 radical (unpaired) electrons. The Labute approximate surface area is 100 Å². The zero-order valence-corrected chi connectivity index (χ0v) is 9.82. The van der Waals surface area contributed by atoms with Crippen LogP contribution in [-0.2, 0) is 0 Å². The molecule has 0 fully saturated rings. The monoisotopic (exact) mass is 237 g/mol. The summed E-state index contributed by atoms with van der Waals surface area (Å²) in [4.78, 5) is 6.37. The lowest BCUT2D eigenvalue weighted by molar-refractivity contribution is 0.320. The molecular weight excluding hydrogens is 221 g/mol. The van der Waals surface area contributed by atoms with E-state index in [0.717, 1.165) is 19.0 Å². The summed E-state index contributed by atoms with van der Waals surface area (Å²) in [5.41, 5.74) is 0. The van der Waals surface area contributed by atoms with Crippen molar-refractivity contribution in [3.8, 4) is 5.75 Å². The molecule has 17 heavy (non-hydrogen) atoms. The Kier molecular flexibility index (Phi) is 3.80. The van der Waals surface area contributed by atoms with Crippen LogP contribution in [0.2, 0.25) is 0 Å². The second-order valence-corrected chi connectivity index (χ2v) is 3.86. The number of halogens is 1. The van der Waals surface area contributed by atoms with E-state index in [1.54, 1.807) is 12.1 Å². The van der Waals surface area contributed by atoms with E-state index in [1.165, 1.54) is 12.1 Å². The number of aliphatic imine (C=N–C) groups is 1. The van der Waals surface area contributed by atoms with Gasteiger partial charge in [0.25, 0.3) is 0 Å². The number of ether oxygens (including phenoxy) is 1. The molecule has 0 spiro atoms. The van der Waals surface area contributed by atoms with Crippen LogP contribution in [0.15, 0.2) is 29.3 Å². The summed E-state index contributed by atoms with van der Waals surface area (Å²) in [6, 6.07) is 6.01. The maximum Gasteiger partial charge on any atom is 0.193 e. The fourth-order valence-corrected chi connectivity index (χ4v) is 1.59. The van der Waals surface area contributed by atoms with Gasteiger partial charge >= 0.3 is 0 Å². The number of nitrogens with zero attached hydrogens (tertiary/aromatic N) is 2. The highest BCUT2D eigenvalue weighted by Gasteiger charge is 2.10. The molecule has 4 nitrogen and oxygen atoms in total. The van der Waals surface area contributed by atoms with Crippen LogP contribution in [0.25, 0.3) is 0 Å². The standard InChI is InChI=1S/C12H16FN3O/c1-16-8-6-14-12(16)15-7-9-17-11-4-2-10(13)3-5-11/h2-5H,6-9H2,1H3,(H,14,15). The summed E-state index contributed by atoms with van der Waals surface area (Å²) in [6.07, 6.45) is 0. The van der Waals surface area contributed by atoms with Crippen LogP contribution < -0.4 is 10.1 Å². The third-order valence-corrected chi connectivity index (χ3v) is 2.53. The first-order chi connectivity index (χ1) is 8.25. The van der Waals surface area contributed by atoms with Gasteiger partial charge in [0.1, 0.15) is 18.2 Å². The summed E-state index contributed by atoms with van der Waals surface area (Å²) >= 11 is 0. The van der Waals surface area contributed by atoms with Gasteiger partial charge in [0.2, 0.25) is 0 Å². The van der Waals surface area contributed by atoms with Crippen LogP contribution in [0.5, 0.6) is 5.75 Å². The molecule has 2 rings (SSSR count). The molecule has 0 amide bonds. The van der Waals surface area contributed by atoms with Crippen molar-refractivity contribution in [2.75, 3.05) is 33.3 Å². The number of hydrogen-bond donors (Lipinski definition) is 1. The van der Waals surface area contributed by atoms with Gasteiger partial charge in [0.05, 0.1) is 13.1 Å². The molecule has 5 heteroatoms. The van der Waals surface area contributed by atoms with E-state index in [2.05, 4.69) is 15.2 Å². The summed E-state index contributed by atoms with van der Waals surface area (Å²) in [5, 5.41) is 3.19. The van der Waals surface area contributed by atoms with Crippen molar-refractivity contribution in [2.24, 2.45) is 4.99 Å². The quantitative estimate of drug-likeness (QED) is 0.797. The Bertz CT molecular complexity index is 391. The van der Waals surface area contributed by atoms with Gasteiger partial charge in [0, 0.05) is 13.6 Å². The Hall–Kier alpha value is -1.78. The fraction of sp³-hybridized carbons (Fsp3) is 0.417. The first-order valence-corrected chi connectivity index (χ1v) is 5.63. The van der Waals surface area contributed by atoms with Crippen LogP contribution in [0.3, 0.4) is 0 Å². The lowest BCUT2D eigenvalue weighted by Gasteiger charge is -2.15. The fourth-order valence-electron chi connectivity index (χ4n) is 1.59. The number of benzene rings is 1. The first-order valence-electron chi connectivity index (χ1n) is 5.63. The predicted octanol–water partition coefficient (Wildman–Crippen LogP) is 1.10. The number of likely N-dealkylation sites (N-methyl/N-ethyl adjacent to an activating group) is 1. The van der Waals surface area contributed by atoms with Crippen LogP contribution >= 0.6 is 0 Å². The second kappa shape index (κ2) is 5.52. The molecule has 92 valence electrons. The molecule has 0 atom stereocenters. The van der Waals surface area contributed by atoms with Gasteiger partial charge in [-0.2, -0.15) is 0 Å². The van der Waals surface area contributed by atoms with Gasteiger partial charge in [-0.15, -0.1) is 0 Å². The zero-order valence-electron chi connectivity index (χ0n) is 9.82. The van der Waals surface area contributed by atoms with Crippen molar-refractivity contribution in [2.45, 2.75) is 0 Å². The molecule has 0 bridgehead atoms. The SMILES string of the molecule is CN1CCN=C1NCCOc1ccc(F)cc1. The largest absolute Gasteiger partial charge is 0.492 e. The van der Waals surface area contributed by atoms with Gasteiger partial charge in [-0.05, 0) is 24.3 Å². The van der Waals surface area contributed by atoms with E-state index < -0.39 is 0 Å². The number of nitrogens with one attached hydrogen (secondary N) is 1. The average molecular weight is 237 g/mol. The Morgan fingerprint density at radius 3 is 2.82 bits per heavy atom. The lowest BCUT2D eigenvalue weighted by atomic mass is 10.3. The molecule has 0 saturated carbocycles. The van der Waals surface area contributed by atoms with E-state index >= 15 is 0 Å². The highest BCUT2D eigenvalue weighted by atomic mass is 19.1. The summed E-state index contributed by atoms with van der Waals surface area (Å²) in [6.45, 7) is 3.01. The minimum absolute atomic E-state index is 0.252. The molecule has 1 aliphatic heterocycles. The van der Waals surface area contributed by atoms with E-state index in [9.17, 15) is 4.39 Å². The highest BCUT2D eigenvalue weighted by Crippen LogP contribution is 2.10. The van der Waals surface area contributed by atoms with Crippen molar-refractivity contribution in [3.05, 3.63) is 30.1 Å². The van der Waals surface area contributed by atoms with E-state index in [0.29, 0.717) is 18.9 Å². The van der Waals surface area contributed by atoms with Crippen LogP contribution in [0.4, 0.5) is 4.39 Å². The van der Waals surface area contributed by atoms with Crippen LogP contribution in [0, 0.1) is 5.82 Å². The molecule has 1 aromatic carbocycles. The third-order valence-electron chi connectivity index (χ3n) is 2.53. The van der Waals surface area contributed by atoms with Gasteiger partial charge in [-0.1, -0.05) is 0 Å². The Morgan fingerprint density at radius 1 is 1.41 bits per heavy atom. The maximum atomic E-state index is 12.6. The number of guanidine groups is 1. The normalized spacial score (nSPS) is 14.7. The van der Waals surface area contributed by atoms with Gasteiger partial charge in [-0.3, -0.25) is 4.99 Å².